The molecule has 6 aromatic rings. The number of fused-ring (bicyclic) bond motifs is 3. The second-order valence-electron chi connectivity index (χ2n) is 15.1. The average molecular weight is 1030 g/mol. The fourth-order valence-corrected chi connectivity index (χ4v) is 10.2. The van der Waals surface area contributed by atoms with Gasteiger partial charge in [0.25, 0.3) is 40.1 Å². The van der Waals surface area contributed by atoms with E-state index in [9.17, 15) is 58.1 Å². The number of hydrogen-bond acceptors (Lipinski definition) is 28. The number of aromatic nitrogens is 12. The minimum Gasteiger partial charge on any atom is -0.756 e. The number of methoxy groups -OCH3 is 1. The molecule has 6 aromatic heterocycles. The van der Waals surface area contributed by atoms with E-state index >= 15 is 0 Å². The second kappa shape index (κ2) is 19.0. The van der Waals surface area contributed by atoms with Crippen LogP contribution in [0.5, 0.6) is 0 Å². The van der Waals surface area contributed by atoms with Crippen LogP contribution in [-0.2, 0) is 59.8 Å². The molecule has 0 radical (unpaired) electrons. The van der Waals surface area contributed by atoms with Gasteiger partial charge in [-0.05, 0) is 0 Å². The van der Waals surface area contributed by atoms with Gasteiger partial charge in [-0.1, -0.05) is 0 Å². The van der Waals surface area contributed by atoms with Gasteiger partial charge in [-0.3, -0.25) is 41.8 Å². The number of imidazole rings is 3. The van der Waals surface area contributed by atoms with Crippen LogP contribution in [0.2, 0.25) is 0 Å². The number of ether oxygens (including phenoxy) is 4. The molecule has 3 aliphatic rings. The molecule has 3 aliphatic heterocycles. The van der Waals surface area contributed by atoms with Crippen LogP contribution in [0.25, 0.3) is 33.5 Å². The summed E-state index contributed by atoms with van der Waals surface area (Å²) in [6, 6.07) is 0. The normalized spacial score (nSPS) is 31.1. The first-order chi connectivity index (χ1) is 32.8. The Labute approximate surface area is 381 Å². The smallest absolute Gasteiger partial charge is 0.278 e. The lowest BCUT2D eigenvalue weighted by atomic mass is 10.1. The number of phosphoric acid groups is 3. The first-order valence-corrected chi connectivity index (χ1v) is 24.2. The van der Waals surface area contributed by atoms with Crippen LogP contribution in [0.4, 0.5) is 0 Å². The molecule has 34 nitrogen and oxygen atoms in total. The standard InChI is InChI=1S/C32H39N12O22P3/c1-57-21-12(62-30(18(21)45)42-9-39-15-24(42)33-6-36-27(15)48)3-60-68(53,54)66-23-14(64-32(20(23)47)44-11-41-17-26(44)35-8-38-29(17)50)5-61-69(55,56)65-22-13(4-59-67(51,52)58-2)63-31(19(22)46)43-10-40-16-25(43)34-7-37-28(16)49/h6-14,18-23,30-32,45-47H,3-5H2,1-2H3,(H,51,52)(H,53,54)(H,55,56)(H,33,36,48)(H,34,37,49)(H,35,38,50)/p-3/t12-,13-,14-,18+,19+,20+,21?,22?,23?,30-,31-,32-/m1/s1. The zero-order chi connectivity index (χ0) is 49.2. The Morgan fingerprint density at radius 3 is 1.20 bits per heavy atom. The van der Waals surface area contributed by atoms with Crippen LogP contribution in [0.1, 0.15) is 18.7 Å². The molecule has 0 amide bonds. The number of aliphatic hydroxyl groups excluding tert-OH is 3. The highest BCUT2D eigenvalue weighted by atomic mass is 31.2. The summed E-state index contributed by atoms with van der Waals surface area (Å²) in [6.45, 7) is -3.12. The first-order valence-electron chi connectivity index (χ1n) is 19.8. The van der Waals surface area contributed by atoms with Gasteiger partial charge < -0.3 is 91.0 Å². The Morgan fingerprint density at radius 2 is 0.870 bits per heavy atom. The monoisotopic (exact) mass is 1030 g/mol. The van der Waals surface area contributed by atoms with Gasteiger partial charge in [0, 0.05) is 14.2 Å². The van der Waals surface area contributed by atoms with Gasteiger partial charge in [0.2, 0.25) is 0 Å². The van der Waals surface area contributed by atoms with Crippen molar-refractivity contribution >= 4 is 57.0 Å². The van der Waals surface area contributed by atoms with E-state index in [-0.39, 0.29) is 33.5 Å². The van der Waals surface area contributed by atoms with Crippen molar-refractivity contribution in [1.29, 1.82) is 0 Å². The highest BCUT2D eigenvalue weighted by molar-refractivity contribution is 7.46. The number of nitrogens with zero attached hydrogens (tertiary/aromatic N) is 9. The highest BCUT2D eigenvalue weighted by Crippen LogP contribution is 2.50. The quantitative estimate of drug-likeness (QED) is 0.0439. The summed E-state index contributed by atoms with van der Waals surface area (Å²) in [6.07, 6.45) is -14.4. The Balaban J connectivity index is 0.936. The molecule has 0 aliphatic carbocycles. The molecule has 0 spiro atoms. The predicted molar refractivity (Wildman–Crippen MR) is 212 cm³/mol. The lowest BCUT2D eigenvalue weighted by Gasteiger charge is -2.33. The largest absolute Gasteiger partial charge is 0.756 e. The van der Waals surface area contributed by atoms with E-state index in [1.54, 1.807) is 0 Å². The van der Waals surface area contributed by atoms with Crippen LogP contribution < -0.4 is 31.4 Å². The van der Waals surface area contributed by atoms with E-state index < -0.39 is 134 Å². The lowest BCUT2D eigenvalue weighted by molar-refractivity contribution is -0.240. The van der Waals surface area contributed by atoms with Gasteiger partial charge >= 0.3 is 0 Å². The molecule has 6 unspecified atom stereocenters. The summed E-state index contributed by atoms with van der Waals surface area (Å²) in [4.78, 5) is 107. The van der Waals surface area contributed by atoms with Gasteiger partial charge in [-0.25, -0.2) is 29.9 Å². The number of hydrogen-bond donors (Lipinski definition) is 6. The first kappa shape index (κ1) is 49.1. The molecule has 0 aromatic carbocycles. The van der Waals surface area contributed by atoms with Crippen LogP contribution >= 0.6 is 23.5 Å². The van der Waals surface area contributed by atoms with Crippen molar-refractivity contribution in [2.75, 3.05) is 34.0 Å². The maximum atomic E-state index is 13.6. The molecule has 9 heterocycles. The minimum absolute atomic E-state index is 0.0109. The van der Waals surface area contributed by atoms with E-state index in [0.29, 0.717) is 0 Å². The van der Waals surface area contributed by atoms with Gasteiger partial charge in [0.1, 0.15) is 54.9 Å². The molecule has 37 heteroatoms. The Kier molecular flexibility index (Phi) is 13.5. The van der Waals surface area contributed by atoms with Crippen molar-refractivity contribution in [2.24, 2.45) is 0 Å². The van der Waals surface area contributed by atoms with Crippen molar-refractivity contribution in [3.63, 3.8) is 0 Å². The maximum Gasteiger partial charge on any atom is 0.278 e. The lowest BCUT2D eigenvalue weighted by Crippen LogP contribution is -2.39. The number of phosphoric ester groups is 3. The summed E-state index contributed by atoms with van der Waals surface area (Å²) in [5, 5.41) is 34.1. The Morgan fingerprint density at radius 1 is 0.551 bits per heavy atom. The molecule has 374 valence electrons. The third-order valence-corrected chi connectivity index (χ3v) is 13.9. The van der Waals surface area contributed by atoms with Crippen molar-refractivity contribution in [2.45, 2.75) is 73.6 Å². The topological polar surface area (TPSA) is 464 Å². The second-order valence-corrected chi connectivity index (χ2v) is 19.3. The Hall–Kier alpha value is -4.90. The van der Waals surface area contributed by atoms with Crippen molar-refractivity contribution in [3.8, 4) is 0 Å². The minimum atomic E-state index is -5.79. The molecule has 0 bridgehead atoms. The van der Waals surface area contributed by atoms with Crippen LogP contribution in [0.3, 0.4) is 0 Å². The fraction of sp³-hybridized carbons (Fsp3) is 0.531. The van der Waals surface area contributed by atoms with E-state index in [1.165, 1.54) is 11.7 Å². The third kappa shape index (κ3) is 9.54. The van der Waals surface area contributed by atoms with E-state index in [1.807, 2.05) is 0 Å². The predicted octanol–water partition coefficient (Wildman–Crippen LogP) is -4.95. The van der Waals surface area contributed by atoms with Crippen LogP contribution in [0, 0.1) is 0 Å². The summed E-state index contributed by atoms with van der Waals surface area (Å²) in [5.41, 5.74) is -2.84. The molecule has 9 rings (SSSR count). The molecule has 15 atom stereocenters. The molecule has 3 saturated heterocycles. The van der Waals surface area contributed by atoms with Gasteiger partial charge in [-0.2, -0.15) is 0 Å². The molecule has 6 N–H and O–H groups in total. The van der Waals surface area contributed by atoms with Crippen LogP contribution in [-0.4, -0.2) is 163 Å². The number of aromatic amines is 3. The number of nitrogens with one attached hydrogen (secondary N) is 3. The molecule has 0 saturated carbocycles. The average Bonchev–Trinajstić information content (AvgIpc) is 4.18. The molecular weight excluding hydrogens is 997 g/mol. The summed E-state index contributed by atoms with van der Waals surface area (Å²) >= 11 is 0. The van der Waals surface area contributed by atoms with Gasteiger partial charge in [-0.15, -0.1) is 0 Å². The van der Waals surface area contributed by atoms with Crippen molar-refractivity contribution < 1.29 is 89.8 Å². The fourth-order valence-electron chi connectivity index (χ4n) is 7.86. The number of rotatable bonds is 18. The Bertz CT molecular complexity index is 3180. The number of H-pyrrole nitrogens is 3. The van der Waals surface area contributed by atoms with Gasteiger partial charge in [0.05, 0.1) is 57.8 Å². The van der Waals surface area contributed by atoms with Crippen molar-refractivity contribution in [1.82, 2.24) is 58.6 Å². The van der Waals surface area contributed by atoms with Gasteiger partial charge in [0.15, 0.2) is 52.2 Å². The molecule has 3 fully saturated rings. The number of aliphatic hydroxyl groups is 3. The van der Waals surface area contributed by atoms with E-state index in [2.05, 4.69) is 49.4 Å². The summed E-state index contributed by atoms with van der Waals surface area (Å²) < 4.78 is 95.1. The maximum absolute atomic E-state index is 13.6. The summed E-state index contributed by atoms with van der Waals surface area (Å²) in [5.74, 6) is 0. The SMILES string of the molecule is COC1[C@@H](COP(=O)([O-])OC2[C@@H](COP(=O)([O-])OC3[C@@H](COP(=O)([O-])OC)O[C@@H](n4cnc5c(=O)[nH]cnc54)[C@H]3O)O[C@@H](n3cnc4c(=O)[nH]cnc43)[C@H]2O)O[C@@H](n2cnc3c(=O)[nH]cnc32)[C@H]1O. The van der Waals surface area contributed by atoms with Crippen LogP contribution in [0.15, 0.2) is 52.3 Å². The van der Waals surface area contributed by atoms with Crippen molar-refractivity contribution in [3.05, 3.63) is 69.0 Å². The zero-order valence-electron chi connectivity index (χ0n) is 35.0. The van der Waals surface area contributed by atoms with E-state index in [0.717, 1.165) is 54.2 Å². The zero-order valence-corrected chi connectivity index (χ0v) is 37.7. The highest BCUT2D eigenvalue weighted by Gasteiger charge is 2.52. The molecule has 69 heavy (non-hydrogen) atoms. The summed E-state index contributed by atoms with van der Waals surface area (Å²) in [7, 11) is -14.5. The third-order valence-electron chi connectivity index (χ3n) is 11.0. The van der Waals surface area contributed by atoms with E-state index in [4.69, 9.17) is 41.6 Å². The molecular formula is C32H36N12O22P3-3.